The Morgan fingerprint density at radius 1 is 0.903 bits per heavy atom. The Kier molecular flexibility index (Phi) is 7.59. The third-order valence-electron chi connectivity index (χ3n) is 4.78. The van der Waals surface area contributed by atoms with Crippen LogP contribution in [0.3, 0.4) is 0 Å². The fourth-order valence-corrected chi connectivity index (χ4v) is 5.83. The minimum absolute atomic E-state index is 0.179. The minimum atomic E-state index is -3.75. The summed E-state index contributed by atoms with van der Waals surface area (Å²) in [6, 6.07) is 19.7. The van der Waals surface area contributed by atoms with E-state index in [9.17, 15) is 18.0 Å². The second kappa shape index (κ2) is 10.4. The summed E-state index contributed by atoms with van der Waals surface area (Å²) in [7, 11) is -3.75. The molecule has 1 atom stereocenters. The number of rotatable bonds is 8. The zero-order chi connectivity index (χ0) is 22.3. The number of hydrogen-bond donors (Lipinski definition) is 2. The molecule has 3 rings (SSSR count). The van der Waals surface area contributed by atoms with E-state index in [1.165, 1.54) is 11.3 Å². The van der Waals surface area contributed by atoms with Gasteiger partial charge in [0.05, 0.1) is 4.90 Å². The number of benzene rings is 2. The zero-order valence-corrected chi connectivity index (χ0v) is 18.7. The minimum Gasteiger partial charge on any atom is -0.348 e. The van der Waals surface area contributed by atoms with E-state index in [1.807, 2.05) is 37.3 Å². The quantitative estimate of drug-likeness (QED) is 0.510. The highest BCUT2D eigenvalue weighted by Gasteiger charge is 2.31. The van der Waals surface area contributed by atoms with Crippen LogP contribution >= 0.6 is 11.3 Å². The van der Waals surface area contributed by atoms with E-state index in [0.29, 0.717) is 17.8 Å². The van der Waals surface area contributed by atoms with E-state index in [-0.39, 0.29) is 11.4 Å². The van der Waals surface area contributed by atoms with Gasteiger partial charge in [0.15, 0.2) is 9.84 Å². The molecule has 31 heavy (non-hydrogen) atoms. The van der Waals surface area contributed by atoms with Crippen LogP contribution in [0.25, 0.3) is 0 Å². The second-order valence-corrected chi connectivity index (χ2v) is 10.2. The highest BCUT2D eigenvalue weighted by molar-refractivity contribution is 7.91. The number of sulfone groups is 1. The van der Waals surface area contributed by atoms with Crippen LogP contribution in [0, 0.1) is 6.92 Å². The van der Waals surface area contributed by atoms with Crippen molar-refractivity contribution in [2.24, 2.45) is 0 Å². The van der Waals surface area contributed by atoms with E-state index in [0.717, 1.165) is 11.1 Å². The van der Waals surface area contributed by atoms with Crippen LogP contribution < -0.4 is 10.6 Å². The molecule has 3 aromatic rings. The summed E-state index contributed by atoms with van der Waals surface area (Å²) in [5.41, 5.74) is 2.00. The second-order valence-electron chi connectivity index (χ2n) is 7.06. The van der Waals surface area contributed by atoms with Crippen LogP contribution in [0.5, 0.6) is 0 Å². The van der Waals surface area contributed by atoms with Crippen molar-refractivity contribution in [3.05, 3.63) is 88.1 Å². The lowest BCUT2D eigenvalue weighted by molar-refractivity contribution is -0.139. The van der Waals surface area contributed by atoms with Crippen LogP contribution in [-0.2, 0) is 25.8 Å². The molecule has 0 radical (unpaired) electrons. The summed E-state index contributed by atoms with van der Waals surface area (Å²) in [6.45, 7) is 2.00. The summed E-state index contributed by atoms with van der Waals surface area (Å²) < 4.78 is 26.4. The fourth-order valence-electron chi connectivity index (χ4n) is 3.04. The number of carbonyl (C=O) groups excluding carboxylic acids is 2. The summed E-state index contributed by atoms with van der Waals surface area (Å²) >= 11 is 1.30. The van der Waals surface area contributed by atoms with Crippen molar-refractivity contribution in [1.29, 1.82) is 0 Å². The molecular weight excluding hydrogens is 432 g/mol. The summed E-state index contributed by atoms with van der Waals surface area (Å²) in [6.07, 6.45) is 0.597. The number of thiophene rings is 1. The summed E-state index contributed by atoms with van der Waals surface area (Å²) in [5.74, 6) is -1.64. The standard InChI is InChI=1S/C23H24N2O4S2/c1-17-9-11-19(12-10-17)31(28,29)21(20-8-5-15-30-20)16-25-23(27)22(26)24-14-13-18-6-3-2-4-7-18/h2-12,15,21H,13-14,16H2,1H3,(H,24,26)(H,25,27). The van der Waals surface area contributed by atoms with E-state index >= 15 is 0 Å². The average molecular weight is 457 g/mol. The molecule has 6 nitrogen and oxygen atoms in total. The molecule has 0 aliphatic heterocycles. The molecule has 0 bridgehead atoms. The molecule has 0 saturated heterocycles. The van der Waals surface area contributed by atoms with Crippen molar-refractivity contribution in [2.75, 3.05) is 13.1 Å². The molecule has 162 valence electrons. The maximum absolute atomic E-state index is 13.2. The number of nitrogens with one attached hydrogen (secondary N) is 2. The topological polar surface area (TPSA) is 92.3 Å². The van der Waals surface area contributed by atoms with Crippen molar-refractivity contribution in [2.45, 2.75) is 23.5 Å². The van der Waals surface area contributed by atoms with Crippen molar-refractivity contribution in [1.82, 2.24) is 10.6 Å². The fraction of sp³-hybridized carbons (Fsp3) is 0.217. The molecule has 0 saturated carbocycles. The molecule has 1 unspecified atom stereocenters. The molecule has 0 aliphatic rings. The van der Waals surface area contributed by atoms with Gasteiger partial charge in [-0.25, -0.2) is 8.42 Å². The molecule has 1 aromatic heterocycles. The third kappa shape index (κ3) is 6.02. The molecular formula is C23H24N2O4S2. The van der Waals surface area contributed by atoms with Crippen LogP contribution in [-0.4, -0.2) is 33.3 Å². The average Bonchev–Trinajstić information content (AvgIpc) is 3.29. The van der Waals surface area contributed by atoms with Gasteiger partial charge in [0, 0.05) is 18.0 Å². The zero-order valence-electron chi connectivity index (χ0n) is 17.1. The maximum atomic E-state index is 13.2. The van der Waals surface area contributed by atoms with Gasteiger partial charge < -0.3 is 10.6 Å². The lowest BCUT2D eigenvalue weighted by atomic mass is 10.1. The Labute approximate surface area is 186 Å². The Balaban J connectivity index is 1.63. The number of hydrogen-bond acceptors (Lipinski definition) is 5. The van der Waals surface area contributed by atoms with Crippen molar-refractivity contribution in [3.8, 4) is 0 Å². The molecule has 8 heteroatoms. The van der Waals surface area contributed by atoms with Crippen molar-refractivity contribution < 1.29 is 18.0 Å². The first-order chi connectivity index (χ1) is 14.9. The first-order valence-corrected chi connectivity index (χ1v) is 12.2. The van der Waals surface area contributed by atoms with E-state index < -0.39 is 26.9 Å². The van der Waals surface area contributed by atoms with Gasteiger partial charge in [0.2, 0.25) is 0 Å². The Bertz CT molecular complexity index is 1110. The number of carbonyl (C=O) groups is 2. The molecule has 0 spiro atoms. The lowest BCUT2D eigenvalue weighted by Crippen LogP contribution is -2.42. The van der Waals surface area contributed by atoms with Crippen molar-refractivity contribution in [3.63, 3.8) is 0 Å². The first-order valence-electron chi connectivity index (χ1n) is 9.82. The molecule has 2 N–H and O–H groups in total. The number of aryl methyl sites for hydroxylation is 1. The predicted molar refractivity (Wildman–Crippen MR) is 122 cm³/mol. The highest BCUT2D eigenvalue weighted by atomic mass is 32.2. The van der Waals surface area contributed by atoms with Crippen LogP contribution in [0.2, 0.25) is 0 Å². The molecule has 2 aromatic carbocycles. The summed E-state index contributed by atoms with van der Waals surface area (Å²) in [4.78, 5) is 25.2. The van der Waals surface area contributed by atoms with Crippen LogP contribution in [0.4, 0.5) is 0 Å². The molecule has 0 aliphatic carbocycles. The Hall–Kier alpha value is -2.97. The van der Waals surface area contributed by atoms with Gasteiger partial charge in [0.25, 0.3) is 0 Å². The van der Waals surface area contributed by atoms with Gasteiger partial charge in [0.1, 0.15) is 5.25 Å². The van der Waals surface area contributed by atoms with Gasteiger partial charge in [-0.15, -0.1) is 11.3 Å². The highest BCUT2D eigenvalue weighted by Crippen LogP contribution is 2.31. The van der Waals surface area contributed by atoms with Gasteiger partial charge in [-0.05, 0) is 42.5 Å². The Morgan fingerprint density at radius 2 is 1.58 bits per heavy atom. The predicted octanol–water partition coefficient (Wildman–Crippen LogP) is 3.05. The monoisotopic (exact) mass is 456 g/mol. The van der Waals surface area contributed by atoms with Gasteiger partial charge in [-0.1, -0.05) is 54.1 Å². The van der Waals surface area contributed by atoms with Crippen LogP contribution in [0.15, 0.2) is 77.0 Å². The molecule has 1 heterocycles. The SMILES string of the molecule is Cc1ccc(S(=O)(=O)C(CNC(=O)C(=O)NCCc2ccccc2)c2cccs2)cc1. The third-order valence-corrected chi connectivity index (χ3v) is 8.02. The van der Waals surface area contributed by atoms with E-state index in [4.69, 9.17) is 0 Å². The summed E-state index contributed by atoms with van der Waals surface area (Å²) in [5, 5.41) is 5.86. The lowest BCUT2D eigenvalue weighted by Gasteiger charge is -2.17. The van der Waals surface area contributed by atoms with E-state index in [1.54, 1.807) is 41.8 Å². The van der Waals surface area contributed by atoms with Crippen LogP contribution in [0.1, 0.15) is 21.3 Å². The Morgan fingerprint density at radius 3 is 2.23 bits per heavy atom. The van der Waals surface area contributed by atoms with Gasteiger partial charge in [-0.2, -0.15) is 0 Å². The first kappa shape index (κ1) is 22.7. The maximum Gasteiger partial charge on any atom is 0.309 e. The van der Waals surface area contributed by atoms with Gasteiger partial charge in [-0.3, -0.25) is 9.59 Å². The number of amides is 2. The smallest absolute Gasteiger partial charge is 0.309 e. The molecule has 0 fully saturated rings. The van der Waals surface area contributed by atoms with Gasteiger partial charge >= 0.3 is 11.8 Å². The largest absolute Gasteiger partial charge is 0.348 e. The normalized spacial score (nSPS) is 12.2. The van der Waals surface area contributed by atoms with E-state index in [2.05, 4.69) is 10.6 Å². The molecule has 2 amide bonds. The van der Waals surface area contributed by atoms with Crippen molar-refractivity contribution >= 4 is 33.0 Å².